The summed E-state index contributed by atoms with van der Waals surface area (Å²) in [6.45, 7) is 1.93. The monoisotopic (exact) mass is 411 g/mol. The highest BCUT2D eigenvalue weighted by atomic mass is 19.1. The smallest absolute Gasteiger partial charge is 0.251 e. The SMILES string of the molecule is C[C@@H](c1ccccn1)n1ccc(-c2nn(-c3ccc(F)cc3)c3cccnc23)cc1=O. The van der Waals surface area contributed by atoms with Crippen LogP contribution in [0.3, 0.4) is 0 Å². The topological polar surface area (TPSA) is 65.6 Å². The molecule has 7 heteroatoms. The molecule has 152 valence electrons. The van der Waals surface area contributed by atoms with Gasteiger partial charge in [0.15, 0.2) is 0 Å². The highest BCUT2D eigenvalue weighted by Crippen LogP contribution is 2.28. The van der Waals surface area contributed by atoms with Gasteiger partial charge in [0.2, 0.25) is 0 Å². The molecule has 0 unspecified atom stereocenters. The van der Waals surface area contributed by atoms with Gasteiger partial charge in [0, 0.05) is 30.2 Å². The van der Waals surface area contributed by atoms with Gasteiger partial charge in [-0.1, -0.05) is 6.07 Å². The van der Waals surface area contributed by atoms with E-state index in [4.69, 9.17) is 5.10 Å². The van der Waals surface area contributed by atoms with Crippen molar-refractivity contribution in [3.63, 3.8) is 0 Å². The van der Waals surface area contributed by atoms with Crippen molar-refractivity contribution in [2.45, 2.75) is 13.0 Å². The molecule has 5 aromatic rings. The van der Waals surface area contributed by atoms with Crippen LogP contribution in [0, 0.1) is 5.82 Å². The minimum atomic E-state index is -0.316. The third kappa shape index (κ3) is 3.40. The lowest BCUT2D eigenvalue weighted by Crippen LogP contribution is -2.23. The highest BCUT2D eigenvalue weighted by Gasteiger charge is 2.17. The summed E-state index contributed by atoms with van der Waals surface area (Å²) in [4.78, 5) is 21.7. The van der Waals surface area contributed by atoms with Gasteiger partial charge in [-0.15, -0.1) is 0 Å². The number of fused-ring (bicyclic) bond motifs is 1. The average molecular weight is 411 g/mol. The molecule has 6 nitrogen and oxygen atoms in total. The second kappa shape index (κ2) is 7.60. The number of nitrogens with zero attached hydrogens (tertiary/aromatic N) is 5. The molecule has 0 amide bonds. The Morgan fingerprint density at radius 1 is 0.935 bits per heavy atom. The van der Waals surface area contributed by atoms with Crippen molar-refractivity contribution >= 4 is 11.0 Å². The number of pyridine rings is 3. The van der Waals surface area contributed by atoms with Gasteiger partial charge in [0.25, 0.3) is 5.56 Å². The van der Waals surface area contributed by atoms with Gasteiger partial charge < -0.3 is 4.57 Å². The van der Waals surface area contributed by atoms with E-state index in [1.54, 1.807) is 46.0 Å². The van der Waals surface area contributed by atoms with Crippen LogP contribution in [-0.4, -0.2) is 24.3 Å². The molecule has 0 N–H and O–H groups in total. The van der Waals surface area contributed by atoms with Gasteiger partial charge in [-0.3, -0.25) is 14.8 Å². The number of rotatable bonds is 4. The Hall–Kier alpha value is -4.13. The van der Waals surface area contributed by atoms with Crippen LogP contribution in [0.1, 0.15) is 18.7 Å². The second-order valence-electron chi connectivity index (χ2n) is 7.20. The molecular formula is C24H18FN5O. The predicted molar refractivity (Wildman–Crippen MR) is 117 cm³/mol. The molecule has 0 aliphatic heterocycles. The van der Waals surface area contributed by atoms with Crippen LogP contribution in [-0.2, 0) is 0 Å². The van der Waals surface area contributed by atoms with Gasteiger partial charge in [0.05, 0.1) is 22.9 Å². The number of hydrogen-bond donors (Lipinski definition) is 0. The first-order valence-corrected chi connectivity index (χ1v) is 9.85. The van der Waals surface area contributed by atoms with Crippen LogP contribution in [0.5, 0.6) is 0 Å². The summed E-state index contributed by atoms with van der Waals surface area (Å²) >= 11 is 0. The lowest BCUT2D eigenvalue weighted by atomic mass is 10.1. The van der Waals surface area contributed by atoms with E-state index in [0.717, 1.165) is 11.2 Å². The Morgan fingerprint density at radius 2 is 1.74 bits per heavy atom. The lowest BCUT2D eigenvalue weighted by Gasteiger charge is -2.14. The van der Waals surface area contributed by atoms with E-state index in [-0.39, 0.29) is 17.4 Å². The summed E-state index contributed by atoms with van der Waals surface area (Å²) in [5.41, 5.74) is 4.06. The molecule has 0 radical (unpaired) electrons. The van der Waals surface area contributed by atoms with Crippen LogP contribution in [0.2, 0.25) is 0 Å². The van der Waals surface area contributed by atoms with E-state index in [2.05, 4.69) is 9.97 Å². The van der Waals surface area contributed by atoms with Crippen molar-refractivity contribution in [1.82, 2.24) is 24.3 Å². The van der Waals surface area contributed by atoms with E-state index in [0.29, 0.717) is 22.5 Å². The summed E-state index contributed by atoms with van der Waals surface area (Å²) in [6, 6.07) is 18.7. The fourth-order valence-corrected chi connectivity index (χ4v) is 3.65. The third-order valence-corrected chi connectivity index (χ3v) is 5.26. The molecule has 0 saturated heterocycles. The van der Waals surface area contributed by atoms with E-state index in [1.165, 1.54) is 12.1 Å². The van der Waals surface area contributed by atoms with Crippen molar-refractivity contribution < 1.29 is 4.39 Å². The average Bonchev–Trinajstić information content (AvgIpc) is 3.19. The maximum absolute atomic E-state index is 13.4. The first-order chi connectivity index (χ1) is 15.1. The number of halogens is 1. The van der Waals surface area contributed by atoms with Gasteiger partial charge in [-0.25, -0.2) is 9.07 Å². The summed E-state index contributed by atoms with van der Waals surface area (Å²) in [7, 11) is 0. The van der Waals surface area contributed by atoms with Gasteiger partial charge in [-0.2, -0.15) is 5.10 Å². The van der Waals surface area contributed by atoms with E-state index >= 15 is 0 Å². The minimum absolute atomic E-state index is 0.156. The zero-order valence-corrected chi connectivity index (χ0v) is 16.7. The van der Waals surface area contributed by atoms with Crippen molar-refractivity contribution in [3.8, 4) is 16.9 Å². The molecule has 0 spiro atoms. The molecule has 5 rings (SSSR count). The minimum Gasteiger partial charge on any atom is -0.307 e. The zero-order valence-electron chi connectivity index (χ0n) is 16.7. The number of aromatic nitrogens is 5. The standard InChI is InChI=1S/C24H18FN5O/c1-16(20-5-2-3-12-26-20)29-14-11-17(15-22(29)31)23-24-21(6-4-13-27-24)30(28-23)19-9-7-18(25)8-10-19/h2-16H,1H3/t16-/m0/s1. The molecule has 1 aromatic carbocycles. The maximum atomic E-state index is 13.4. The Labute approximate surface area is 177 Å². The Kier molecular flexibility index (Phi) is 4.63. The largest absolute Gasteiger partial charge is 0.307 e. The number of hydrogen-bond acceptors (Lipinski definition) is 4. The Bertz CT molecular complexity index is 1420. The van der Waals surface area contributed by atoms with Crippen molar-refractivity contribution in [1.29, 1.82) is 0 Å². The van der Waals surface area contributed by atoms with Crippen LogP contribution >= 0.6 is 0 Å². The predicted octanol–water partition coefficient (Wildman–Crippen LogP) is 4.39. The summed E-state index contributed by atoms with van der Waals surface area (Å²) < 4.78 is 16.7. The van der Waals surface area contributed by atoms with Gasteiger partial charge in [0.1, 0.15) is 17.0 Å². The maximum Gasteiger partial charge on any atom is 0.251 e. The van der Waals surface area contributed by atoms with E-state index in [1.807, 2.05) is 43.3 Å². The Balaban J connectivity index is 1.61. The zero-order chi connectivity index (χ0) is 21.4. The normalized spacial score (nSPS) is 12.2. The van der Waals surface area contributed by atoms with E-state index < -0.39 is 0 Å². The van der Waals surface area contributed by atoms with Crippen LogP contribution < -0.4 is 5.56 Å². The second-order valence-corrected chi connectivity index (χ2v) is 7.20. The first-order valence-electron chi connectivity index (χ1n) is 9.85. The molecular weight excluding hydrogens is 393 g/mol. The Morgan fingerprint density at radius 3 is 2.48 bits per heavy atom. The fourth-order valence-electron chi connectivity index (χ4n) is 3.65. The molecule has 0 aliphatic rings. The van der Waals surface area contributed by atoms with Crippen molar-refractivity contribution in [3.05, 3.63) is 107 Å². The molecule has 1 atom stereocenters. The highest BCUT2D eigenvalue weighted by molar-refractivity contribution is 5.90. The molecule has 0 bridgehead atoms. The summed E-state index contributed by atoms with van der Waals surface area (Å²) in [6.07, 6.45) is 5.15. The quantitative estimate of drug-likeness (QED) is 0.440. The summed E-state index contributed by atoms with van der Waals surface area (Å²) in [5, 5.41) is 4.70. The molecule has 31 heavy (non-hydrogen) atoms. The third-order valence-electron chi connectivity index (χ3n) is 5.26. The van der Waals surface area contributed by atoms with Crippen LogP contribution in [0.4, 0.5) is 4.39 Å². The van der Waals surface area contributed by atoms with Crippen molar-refractivity contribution in [2.75, 3.05) is 0 Å². The first kappa shape index (κ1) is 18.9. The number of benzene rings is 1. The molecule has 0 fully saturated rings. The van der Waals surface area contributed by atoms with Gasteiger partial charge >= 0.3 is 0 Å². The molecule has 0 aliphatic carbocycles. The molecule has 0 saturated carbocycles. The molecule has 4 heterocycles. The van der Waals surface area contributed by atoms with Crippen LogP contribution in [0.15, 0.2) is 90.1 Å². The molecule has 4 aromatic heterocycles. The fraction of sp³-hybridized carbons (Fsp3) is 0.0833. The van der Waals surface area contributed by atoms with E-state index in [9.17, 15) is 9.18 Å². The van der Waals surface area contributed by atoms with Gasteiger partial charge in [-0.05, 0) is 61.5 Å². The lowest BCUT2D eigenvalue weighted by molar-refractivity contribution is 0.598. The van der Waals surface area contributed by atoms with Crippen molar-refractivity contribution in [2.24, 2.45) is 0 Å². The summed E-state index contributed by atoms with van der Waals surface area (Å²) in [5.74, 6) is -0.316. The van der Waals surface area contributed by atoms with Crippen LogP contribution in [0.25, 0.3) is 28.0 Å².